The number of fused-ring (bicyclic) bond motifs is 1. The van der Waals surface area contributed by atoms with Crippen LogP contribution in [0, 0.1) is 10.1 Å². The van der Waals surface area contributed by atoms with Crippen LogP contribution in [0.2, 0.25) is 0 Å². The van der Waals surface area contributed by atoms with Crippen molar-refractivity contribution in [3.63, 3.8) is 0 Å². The lowest BCUT2D eigenvalue weighted by molar-refractivity contribution is -0.385. The molecule has 0 bridgehead atoms. The number of rotatable bonds is 4. The highest BCUT2D eigenvalue weighted by Crippen LogP contribution is 2.30. The van der Waals surface area contributed by atoms with Gasteiger partial charge in [0.1, 0.15) is 0 Å². The third-order valence-electron chi connectivity index (χ3n) is 3.65. The maximum Gasteiger partial charge on any atom is 0.312 e. The maximum atomic E-state index is 12.4. The molecule has 0 saturated heterocycles. The predicted octanol–water partition coefficient (Wildman–Crippen LogP) is 4.01. The minimum Gasteiger partial charge on any atom is -0.490 e. The van der Waals surface area contributed by atoms with Crippen LogP contribution in [-0.2, 0) is 0 Å². The topological polar surface area (TPSA) is 81.5 Å². The van der Waals surface area contributed by atoms with Crippen molar-refractivity contribution in [3.05, 3.63) is 76.3 Å². The van der Waals surface area contributed by atoms with Gasteiger partial charge in [-0.05, 0) is 35.0 Å². The van der Waals surface area contributed by atoms with E-state index >= 15 is 0 Å². The van der Waals surface area contributed by atoms with E-state index in [2.05, 4.69) is 5.32 Å². The second-order valence-electron chi connectivity index (χ2n) is 5.16. The van der Waals surface area contributed by atoms with Crippen molar-refractivity contribution in [2.45, 2.75) is 0 Å². The zero-order chi connectivity index (χ0) is 17.1. The lowest BCUT2D eigenvalue weighted by atomic mass is 10.1. The second-order valence-corrected chi connectivity index (χ2v) is 5.16. The molecule has 0 atom stereocenters. The van der Waals surface area contributed by atoms with Crippen LogP contribution >= 0.6 is 0 Å². The van der Waals surface area contributed by atoms with Gasteiger partial charge in [-0.25, -0.2) is 0 Å². The summed E-state index contributed by atoms with van der Waals surface area (Å²) in [7, 11) is 1.36. The fraction of sp³-hybridized carbons (Fsp3) is 0.0556. The van der Waals surface area contributed by atoms with Gasteiger partial charge in [-0.15, -0.1) is 0 Å². The molecule has 6 heteroatoms. The van der Waals surface area contributed by atoms with Gasteiger partial charge in [0.05, 0.1) is 12.0 Å². The number of carbonyl (C=O) groups is 1. The SMILES string of the molecule is COc1ccc(NC(=O)c2ccc3ccccc3c2)cc1[N+](=O)[O-]. The van der Waals surface area contributed by atoms with Crippen molar-refractivity contribution in [2.24, 2.45) is 0 Å². The van der Waals surface area contributed by atoms with Gasteiger partial charge in [-0.3, -0.25) is 14.9 Å². The van der Waals surface area contributed by atoms with Crippen molar-refractivity contribution < 1.29 is 14.5 Å². The van der Waals surface area contributed by atoms with Crippen LogP contribution in [0.15, 0.2) is 60.7 Å². The summed E-state index contributed by atoms with van der Waals surface area (Å²) < 4.78 is 4.95. The molecule has 6 nitrogen and oxygen atoms in total. The molecule has 1 N–H and O–H groups in total. The van der Waals surface area contributed by atoms with Gasteiger partial charge in [0.25, 0.3) is 5.91 Å². The van der Waals surface area contributed by atoms with Gasteiger partial charge in [0, 0.05) is 17.3 Å². The summed E-state index contributed by atoms with van der Waals surface area (Å²) in [6.07, 6.45) is 0. The minimum absolute atomic E-state index is 0.142. The molecule has 0 aliphatic heterocycles. The number of anilines is 1. The standard InChI is InChI=1S/C18H14N2O4/c1-24-17-9-8-15(11-16(17)20(22)23)19-18(21)14-7-6-12-4-2-3-5-13(12)10-14/h2-11H,1H3,(H,19,21). The van der Waals surface area contributed by atoms with Crippen LogP contribution in [0.1, 0.15) is 10.4 Å². The molecule has 120 valence electrons. The van der Waals surface area contributed by atoms with Gasteiger partial charge in [0.15, 0.2) is 5.75 Å². The van der Waals surface area contributed by atoms with Crippen molar-refractivity contribution in [2.75, 3.05) is 12.4 Å². The van der Waals surface area contributed by atoms with E-state index in [0.29, 0.717) is 11.3 Å². The highest BCUT2D eigenvalue weighted by atomic mass is 16.6. The Kier molecular flexibility index (Phi) is 4.11. The Morgan fingerprint density at radius 1 is 1.04 bits per heavy atom. The van der Waals surface area contributed by atoms with E-state index in [4.69, 9.17) is 4.74 Å². The second kappa shape index (κ2) is 6.37. The molecule has 0 aliphatic rings. The molecule has 0 unspecified atom stereocenters. The van der Waals surface area contributed by atoms with E-state index in [1.165, 1.54) is 19.2 Å². The van der Waals surface area contributed by atoms with E-state index < -0.39 is 4.92 Å². The molecule has 0 aromatic heterocycles. The molecule has 0 heterocycles. The fourth-order valence-electron chi connectivity index (χ4n) is 2.44. The Labute approximate surface area is 137 Å². The van der Waals surface area contributed by atoms with Gasteiger partial charge in [-0.1, -0.05) is 30.3 Å². The first kappa shape index (κ1) is 15.5. The molecule has 0 saturated carbocycles. The molecule has 0 fully saturated rings. The van der Waals surface area contributed by atoms with E-state index in [9.17, 15) is 14.9 Å². The number of carbonyl (C=O) groups excluding carboxylic acids is 1. The van der Waals surface area contributed by atoms with Crippen LogP contribution in [0.5, 0.6) is 5.75 Å². The third kappa shape index (κ3) is 3.03. The quantitative estimate of drug-likeness (QED) is 0.581. The summed E-state index contributed by atoms with van der Waals surface area (Å²) in [6, 6.07) is 17.4. The Hall–Kier alpha value is -3.41. The van der Waals surface area contributed by atoms with Gasteiger partial charge >= 0.3 is 5.69 Å². The summed E-state index contributed by atoms with van der Waals surface area (Å²) in [5.41, 5.74) is 0.613. The minimum atomic E-state index is -0.551. The van der Waals surface area contributed by atoms with Crippen LogP contribution in [0.4, 0.5) is 11.4 Å². The Morgan fingerprint density at radius 2 is 1.79 bits per heavy atom. The summed E-state index contributed by atoms with van der Waals surface area (Å²) >= 11 is 0. The Bertz CT molecular complexity index is 937. The van der Waals surface area contributed by atoms with E-state index in [0.717, 1.165) is 10.8 Å². The highest BCUT2D eigenvalue weighted by Gasteiger charge is 2.16. The first-order valence-electron chi connectivity index (χ1n) is 7.21. The Morgan fingerprint density at radius 3 is 2.50 bits per heavy atom. The summed E-state index contributed by atoms with van der Waals surface area (Å²) in [4.78, 5) is 22.9. The number of nitro groups is 1. The van der Waals surface area contributed by atoms with E-state index in [1.807, 2.05) is 30.3 Å². The van der Waals surface area contributed by atoms with Crippen LogP contribution in [0.25, 0.3) is 10.8 Å². The first-order valence-corrected chi connectivity index (χ1v) is 7.21. The van der Waals surface area contributed by atoms with Crippen molar-refractivity contribution in [3.8, 4) is 5.75 Å². The molecule has 24 heavy (non-hydrogen) atoms. The average Bonchev–Trinajstić information content (AvgIpc) is 2.61. The Balaban J connectivity index is 1.88. The number of methoxy groups -OCH3 is 1. The summed E-state index contributed by atoms with van der Waals surface area (Å²) in [5.74, 6) is -0.191. The number of nitrogens with one attached hydrogen (secondary N) is 1. The van der Waals surface area contributed by atoms with Crippen LogP contribution in [0.3, 0.4) is 0 Å². The number of hydrogen-bond donors (Lipinski definition) is 1. The molecule has 0 aliphatic carbocycles. The van der Waals surface area contributed by atoms with Crippen LogP contribution < -0.4 is 10.1 Å². The maximum absolute atomic E-state index is 12.4. The average molecular weight is 322 g/mol. The van der Waals surface area contributed by atoms with Crippen molar-refractivity contribution in [1.82, 2.24) is 0 Å². The number of hydrogen-bond acceptors (Lipinski definition) is 4. The monoisotopic (exact) mass is 322 g/mol. The number of benzene rings is 3. The number of nitrogens with zero attached hydrogens (tertiary/aromatic N) is 1. The van der Waals surface area contributed by atoms with E-state index in [1.54, 1.807) is 18.2 Å². The summed E-state index contributed by atoms with van der Waals surface area (Å²) in [5, 5.41) is 15.7. The molecule has 3 aromatic carbocycles. The molecule has 1 amide bonds. The molecule has 3 rings (SSSR count). The number of ether oxygens (including phenoxy) is 1. The molecule has 0 spiro atoms. The van der Waals surface area contributed by atoms with Crippen molar-refractivity contribution in [1.29, 1.82) is 0 Å². The number of amides is 1. The number of nitro benzene ring substituents is 1. The molecule has 3 aromatic rings. The van der Waals surface area contributed by atoms with Gasteiger partial charge in [-0.2, -0.15) is 0 Å². The zero-order valence-corrected chi connectivity index (χ0v) is 12.9. The molecule has 0 radical (unpaired) electrons. The largest absolute Gasteiger partial charge is 0.490 e. The molecular formula is C18H14N2O4. The van der Waals surface area contributed by atoms with Gasteiger partial charge in [0.2, 0.25) is 0 Å². The molecular weight excluding hydrogens is 308 g/mol. The highest BCUT2D eigenvalue weighted by molar-refractivity contribution is 6.06. The first-order chi connectivity index (χ1) is 11.6. The predicted molar refractivity (Wildman–Crippen MR) is 91.5 cm³/mol. The van der Waals surface area contributed by atoms with Crippen molar-refractivity contribution >= 4 is 28.1 Å². The lowest BCUT2D eigenvalue weighted by Gasteiger charge is -2.08. The van der Waals surface area contributed by atoms with Gasteiger partial charge < -0.3 is 10.1 Å². The third-order valence-corrected chi connectivity index (χ3v) is 3.65. The summed E-state index contributed by atoms with van der Waals surface area (Å²) in [6.45, 7) is 0. The normalized spacial score (nSPS) is 10.4. The van der Waals surface area contributed by atoms with E-state index in [-0.39, 0.29) is 17.3 Å². The van der Waals surface area contributed by atoms with Crippen LogP contribution in [-0.4, -0.2) is 17.9 Å². The fourth-order valence-corrected chi connectivity index (χ4v) is 2.44. The zero-order valence-electron chi connectivity index (χ0n) is 12.9. The lowest BCUT2D eigenvalue weighted by Crippen LogP contribution is -2.12. The smallest absolute Gasteiger partial charge is 0.312 e.